The van der Waals surface area contributed by atoms with Gasteiger partial charge >= 0.3 is 5.69 Å². The molecule has 0 saturated carbocycles. The zero-order valence-corrected chi connectivity index (χ0v) is 11.3. The Balaban J connectivity index is 2.70. The van der Waals surface area contributed by atoms with Gasteiger partial charge in [-0.1, -0.05) is 0 Å². The molecule has 1 unspecified atom stereocenters. The number of carbonyl (C=O) groups excluding carboxylic acids is 1. The smallest absolute Gasteiger partial charge is 0.314 e. The number of carbonyl (C=O) groups is 1. The van der Waals surface area contributed by atoms with Crippen LogP contribution in [0.5, 0.6) is 11.5 Å². The molecule has 1 aromatic carbocycles. The van der Waals surface area contributed by atoms with Crippen molar-refractivity contribution in [1.29, 1.82) is 0 Å². The summed E-state index contributed by atoms with van der Waals surface area (Å²) >= 11 is 0. The van der Waals surface area contributed by atoms with Crippen molar-refractivity contribution in [2.45, 2.75) is 25.9 Å². The van der Waals surface area contributed by atoms with Crippen LogP contribution in [-0.2, 0) is 4.79 Å². The van der Waals surface area contributed by atoms with E-state index < -0.39 is 4.92 Å². The Morgan fingerprint density at radius 2 is 2.25 bits per heavy atom. The number of rotatable bonds is 7. The molecule has 3 N–H and O–H groups in total. The first kappa shape index (κ1) is 15.7. The molecule has 0 aromatic heterocycles. The Morgan fingerprint density at radius 3 is 2.80 bits per heavy atom. The van der Waals surface area contributed by atoms with E-state index in [9.17, 15) is 14.9 Å². The summed E-state index contributed by atoms with van der Waals surface area (Å²) < 4.78 is 10.4. The van der Waals surface area contributed by atoms with Crippen LogP contribution in [0.4, 0.5) is 5.69 Å². The summed E-state index contributed by atoms with van der Waals surface area (Å²) in [6.07, 6.45) is 0.388. The van der Waals surface area contributed by atoms with Crippen molar-refractivity contribution in [2.24, 2.45) is 5.84 Å². The largest absolute Gasteiger partial charge is 0.490 e. The minimum absolute atomic E-state index is 0.164. The standard InChI is InChI=1S/C12H17N3O5/c1-8(3-6-12(16)14-13)20-9-4-5-11(19-2)10(7-9)15(17)18/h4-5,7-8H,3,6,13H2,1-2H3,(H,14,16). The summed E-state index contributed by atoms with van der Waals surface area (Å²) in [6, 6.07) is 4.33. The van der Waals surface area contributed by atoms with E-state index in [2.05, 4.69) is 0 Å². The first-order valence-electron chi connectivity index (χ1n) is 5.96. The van der Waals surface area contributed by atoms with Gasteiger partial charge in [0.05, 0.1) is 24.2 Å². The van der Waals surface area contributed by atoms with E-state index in [0.29, 0.717) is 12.2 Å². The number of nitrogens with two attached hydrogens (primary N) is 1. The predicted octanol–water partition coefficient (Wildman–Crippen LogP) is 1.14. The van der Waals surface area contributed by atoms with Gasteiger partial charge in [0, 0.05) is 6.42 Å². The maximum atomic E-state index is 11.0. The molecular formula is C12H17N3O5. The Hall–Kier alpha value is -2.35. The molecule has 0 aliphatic heterocycles. The van der Waals surface area contributed by atoms with Gasteiger partial charge in [0.2, 0.25) is 5.91 Å². The molecule has 8 heteroatoms. The fraction of sp³-hybridized carbons (Fsp3) is 0.417. The van der Waals surface area contributed by atoms with Gasteiger partial charge in [-0.15, -0.1) is 0 Å². The third-order valence-electron chi connectivity index (χ3n) is 2.62. The molecule has 8 nitrogen and oxygen atoms in total. The molecule has 0 radical (unpaired) electrons. The van der Waals surface area contributed by atoms with Crippen LogP contribution >= 0.6 is 0 Å². The Morgan fingerprint density at radius 1 is 1.55 bits per heavy atom. The third-order valence-corrected chi connectivity index (χ3v) is 2.62. The minimum atomic E-state index is -0.543. The van der Waals surface area contributed by atoms with E-state index in [-0.39, 0.29) is 29.9 Å². The van der Waals surface area contributed by atoms with Crippen molar-refractivity contribution in [1.82, 2.24) is 5.43 Å². The number of hydrogen-bond donors (Lipinski definition) is 2. The van der Waals surface area contributed by atoms with Gasteiger partial charge in [0.25, 0.3) is 0 Å². The lowest BCUT2D eigenvalue weighted by atomic mass is 10.2. The molecule has 1 rings (SSSR count). The number of benzene rings is 1. The summed E-state index contributed by atoms with van der Waals surface area (Å²) in [4.78, 5) is 21.3. The van der Waals surface area contributed by atoms with Crippen molar-refractivity contribution in [3.8, 4) is 11.5 Å². The van der Waals surface area contributed by atoms with Crippen LogP contribution in [0.15, 0.2) is 18.2 Å². The molecule has 1 amide bonds. The summed E-state index contributed by atoms with van der Waals surface area (Å²) in [7, 11) is 1.36. The average molecular weight is 283 g/mol. The number of nitro groups is 1. The molecule has 0 heterocycles. The minimum Gasteiger partial charge on any atom is -0.490 e. The first-order valence-corrected chi connectivity index (χ1v) is 5.96. The molecule has 0 spiro atoms. The molecule has 0 aliphatic rings. The molecule has 0 saturated heterocycles. The second-order valence-corrected chi connectivity index (χ2v) is 4.13. The Kier molecular flexibility index (Phi) is 5.73. The van der Waals surface area contributed by atoms with Gasteiger partial charge in [0.15, 0.2) is 5.75 Å². The van der Waals surface area contributed by atoms with Crippen LogP contribution in [0.1, 0.15) is 19.8 Å². The van der Waals surface area contributed by atoms with Crippen molar-refractivity contribution in [2.75, 3.05) is 7.11 Å². The maximum absolute atomic E-state index is 11.0. The molecular weight excluding hydrogens is 266 g/mol. The number of ether oxygens (including phenoxy) is 2. The van der Waals surface area contributed by atoms with E-state index in [4.69, 9.17) is 15.3 Å². The highest BCUT2D eigenvalue weighted by molar-refractivity contribution is 5.75. The molecule has 0 aliphatic carbocycles. The zero-order valence-electron chi connectivity index (χ0n) is 11.3. The van der Waals surface area contributed by atoms with Crippen LogP contribution in [0.2, 0.25) is 0 Å². The van der Waals surface area contributed by atoms with Crippen LogP contribution < -0.4 is 20.7 Å². The number of methoxy groups -OCH3 is 1. The quantitative estimate of drug-likeness (QED) is 0.335. The summed E-state index contributed by atoms with van der Waals surface area (Å²) in [5.41, 5.74) is 1.85. The number of hydrazine groups is 1. The zero-order chi connectivity index (χ0) is 15.1. The maximum Gasteiger partial charge on any atom is 0.314 e. The second-order valence-electron chi connectivity index (χ2n) is 4.13. The molecule has 1 atom stereocenters. The summed E-state index contributed by atoms with van der Waals surface area (Å²) in [5, 5.41) is 10.9. The number of nitrogens with zero attached hydrogens (tertiary/aromatic N) is 1. The van der Waals surface area contributed by atoms with E-state index in [1.807, 2.05) is 5.43 Å². The normalized spacial score (nSPS) is 11.6. The van der Waals surface area contributed by atoms with Gasteiger partial charge in [0.1, 0.15) is 5.75 Å². The van der Waals surface area contributed by atoms with Crippen LogP contribution in [0.25, 0.3) is 0 Å². The second kappa shape index (κ2) is 7.29. The molecule has 0 fully saturated rings. The molecule has 110 valence electrons. The van der Waals surface area contributed by atoms with Crippen LogP contribution in [0, 0.1) is 10.1 Å². The van der Waals surface area contributed by atoms with Gasteiger partial charge < -0.3 is 9.47 Å². The number of hydrogen-bond acceptors (Lipinski definition) is 6. The number of amides is 1. The number of nitrogens with one attached hydrogen (secondary N) is 1. The highest BCUT2D eigenvalue weighted by atomic mass is 16.6. The summed E-state index contributed by atoms with van der Waals surface area (Å²) in [5.74, 6) is 5.19. The Labute approximate surface area is 116 Å². The lowest BCUT2D eigenvalue weighted by Gasteiger charge is -2.14. The van der Waals surface area contributed by atoms with E-state index in [1.54, 1.807) is 13.0 Å². The van der Waals surface area contributed by atoms with Crippen molar-refractivity contribution in [3.63, 3.8) is 0 Å². The van der Waals surface area contributed by atoms with Gasteiger partial charge in [-0.3, -0.25) is 20.3 Å². The fourth-order valence-electron chi connectivity index (χ4n) is 1.58. The van der Waals surface area contributed by atoms with Gasteiger partial charge in [-0.2, -0.15) is 0 Å². The SMILES string of the molecule is COc1ccc(OC(C)CCC(=O)NN)cc1[N+](=O)[O-]. The Bertz CT molecular complexity index is 492. The predicted molar refractivity (Wildman–Crippen MR) is 71.3 cm³/mol. The van der Waals surface area contributed by atoms with Crippen molar-refractivity contribution in [3.05, 3.63) is 28.3 Å². The van der Waals surface area contributed by atoms with Crippen LogP contribution in [0.3, 0.4) is 0 Å². The van der Waals surface area contributed by atoms with Crippen molar-refractivity contribution >= 4 is 11.6 Å². The monoisotopic (exact) mass is 283 g/mol. The summed E-state index contributed by atoms with van der Waals surface area (Å²) in [6.45, 7) is 1.76. The van der Waals surface area contributed by atoms with Crippen LogP contribution in [-0.4, -0.2) is 24.0 Å². The molecule has 0 bridgehead atoms. The lowest BCUT2D eigenvalue weighted by molar-refractivity contribution is -0.385. The van der Waals surface area contributed by atoms with Gasteiger partial charge in [-0.05, 0) is 25.5 Å². The highest BCUT2D eigenvalue weighted by Gasteiger charge is 2.17. The highest BCUT2D eigenvalue weighted by Crippen LogP contribution is 2.31. The number of nitro benzene ring substituents is 1. The third kappa shape index (κ3) is 4.39. The fourth-order valence-corrected chi connectivity index (χ4v) is 1.58. The first-order chi connectivity index (χ1) is 9.47. The average Bonchev–Trinajstić information content (AvgIpc) is 2.44. The van der Waals surface area contributed by atoms with E-state index >= 15 is 0 Å². The van der Waals surface area contributed by atoms with E-state index in [0.717, 1.165) is 0 Å². The molecule has 20 heavy (non-hydrogen) atoms. The van der Waals surface area contributed by atoms with Crippen molar-refractivity contribution < 1.29 is 19.2 Å². The van der Waals surface area contributed by atoms with E-state index in [1.165, 1.54) is 19.2 Å². The molecule has 1 aromatic rings. The topological polar surface area (TPSA) is 117 Å². The lowest BCUT2D eigenvalue weighted by Crippen LogP contribution is -2.30. The van der Waals surface area contributed by atoms with Gasteiger partial charge in [-0.25, -0.2) is 5.84 Å².